The van der Waals surface area contributed by atoms with Gasteiger partial charge in [-0.2, -0.15) is 4.31 Å². The van der Waals surface area contributed by atoms with E-state index in [4.69, 9.17) is 0 Å². The first-order chi connectivity index (χ1) is 11.8. The van der Waals surface area contributed by atoms with Gasteiger partial charge < -0.3 is 10.4 Å². The molecule has 0 bridgehead atoms. The maximum Gasteiger partial charge on any atom is 0.311 e. The van der Waals surface area contributed by atoms with Crippen LogP contribution in [0, 0.1) is 11.3 Å². The number of sulfonamides is 1. The van der Waals surface area contributed by atoms with Crippen molar-refractivity contribution >= 4 is 21.9 Å². The molecule has 4 rings (SSSR count). The van der Waals surface area contributed by atoms with Crippen molar-refractivity contribution in [2.75, 3.05) is 19.6 Å². The molecule has 134 valence electrons. The number of hydrogen-bond donors (Lipinski definition) is 2. The van der Waals surface area contributed by atoms with Crippen molar-refractivity contribution in [2.24, 2.45) is 11.3 Å². The fourth-order valence-electron chi connectivity index (χ4n) is 4.48. The third kappa shape index (κ3) is 2.38. The van der Waals surface area contributed by atoms with Gasteiger partial charge in [-0.1, -0.05) is 12.5 Å². The van der Waals surface area contributed by atoms with Gasteiger partial charge in [-0.15, -0.1) is 0 Å². The molecule has 1 aliphatic carbocycles. The van der Waals surface area contributed by atoms with Crippen LogP contribution < -0.4 is 5.32 Å². The van der Waals surface area contributed by atoms with E-state index in [1.807, 2.05) is 0 Å². The molecule has 1 amide bonds. The van der Waals surface area contributed by atoms with E-state index in [9.17, 15) is 23.1 Å². The van der Waals surface area contributed by atoms with Gasteiger partial charge in [0.2, 0.25) is 10.0 Å². The van der Waals surface area contributed by atoms with Gasteiger partial charge in [0, 0.05) is 25.2 Å². The van der Waals surface area contributed by atoms with E-state index in [0.717, 1.165) is 18.4 Å². The minimum Gasteiger partial charge on any atom is -0.481 e. The standard InChI is InChI=1S/C17H20N2O5S/c20-15-14-8-13(4-3-11(14)5-7-18-15)25(23,24)19-9-12-2-1-6-17(12,10-19)16(21)22/h3-4,8,12H,1-2,5-7,9-10H2,(H,18,20)(H,21,22)/t12-,17+/m0/s1. The summed E-state index contributed by atoms with van der Waals surface area (Å²) in [5.41, 5.74) is 0.265. The van der Waals surface area contributed by atoms with Crippen LogP contribution >= 0.6 is 0 Å². The van der Waals surface area contributed by atoms with Gasteiger partial charge in [0.25, 0.3) is 5.91 Å². The number of aliphatic carboxylic acids is 1. The van der Waals surface area contributed by atoms with Crippen LogP contribution in [0.25, 0.3) is 0 Å². The molecule has 2 fully saturated rings. The molecule has 0 aromatic heterocycles. The lowest BCUT2D eigenvalue weighted by molar-refractivity contribution is -0.149. The summed E-state index contributed by atoms with van der Waals surface area (Å²) in [4.78, 5) is 23.8. The minimum atomic E-state index is -3.82. The van der Waals surface area contributed by atoms with E-state index in [1.165, 1.54) is 16.4 Å². The Morgan fingerprint density at radius 2 is 2.16 bits per heavy atom. The van der Waals surface area contributed by atoms with Crippen molar-refractivity contribution in [2.45, 2.75) is 30.6 Å². The lowest BCUT2D eigenvalue weighted by Gasteiger charge is -2.23. The van der Waals surface area contributed by atoms with Crippen LogP contribution in [0.3, 0.4) is 0 Å². The largest absolute Gasteiger partial charge is 0.481 e. The molecule has 3 aliphatic rings. The van der Waals surface area contributed by atoms with Crippen LogP contribution in [-0.2, 0) is 21.2 Å². The molecule has 2 heterocycles. The number of carbonyl (C=O) groups excluding carboxylic acids is 1. The fraction of sp³-hybridized carbons (Fsp3) is 0.529. The zero-order valence-electron chi connectivity index (χ0n) is 13.7. The minimum absolute atomic E-state index is 0.0125. The highest BCUT2D eigenvalue weighted by Gasteiger charge is 2.57. The molecular weight excluding hydrogens is 344 g/mol. The third-order valence-corrected chi connectivity index (χ3v) is 7.72. The number of amides is 1. The molecule has 2 aliphatic heterocycles. The van der Waals surface area contributed by atoms with Crippen LogP contribution in [0.15, 0.2) is 23.1 Å². The zero-order chi connectivity index (χ0) is 17.8. The number of carboxylic acid groups (broad SMARTS) is 1. The monoisotopic (exact) mass is 364 g/mol. The molecule has 2 N–H and O–H groups in total. The molecule has 1 aromatic carbocycles. The molecule has 2 atom stereocenters. The van der Waals surface area contributed by atoms with Crippen LogP contribution in [-0.4, -0.2) is 49.3 Å². The number of nitrogens with zero attached hydrogens (tertiary/aromatic N) is 1. The summed E-state index contributed by atoms with van der Waals surface area (Å²) in [5, 5.41) is 12.4. The highest BCUT2D eigenvalue weighted by atomic mass is 32.2. The van der Waals surface area contributed by atoms with Crippen LogP contribution in [0.1, 0.15) is 35.2 Å². The van der Waals surface area contributed by atoms with Gasteiger partial charge >= 0.3 is 5.97 Å². The quantitative estimate of drug-likeness (QED) is 0.827. The highest BCUT2D eigenvalue weighted by Crippen LogP contribution is 2.50. The molecule has 0 unspecified atom stereocenters. The first kappa shape index (κ1) is 16.5. The fourth-order valence-corrected chi connectivity index (χ4v) is 6.06. The predicted octanol–water partition coefficient (Wildman–Crippen LogP) is 0.848. The average Bonchev–Trinajstić information content (AvgIpc) is 3.13. The summed E-state index contributed by atoms with van der Waals surface area (Å²) < 4.78 is 27.3. The molecule has 1 aromatic rings. The van der Waals surface area contributed by atoms with Crippen molar-refractivity contribution < 1.29 is 23.1 Å². The molecule has 25 heavy (non-hydrogen) atoms. The number of rotatable bonds is 3. The van der Waals surface area contributed by atoms with Gasteiger partial charge in [-0.05, 0) is 42.9 Å². The predicted molar refractivity (Wildman–Crippen MR) is 88.6 cm³/mol. The Kier molecular flexibility index (Phi) is 3.66. The molecule has 0 spiro atoms. The van der Waals surface area contributed by atoms with Crippen LogP contribution in [0.5, 0.6) is 0 Å². The highest BCUT2D eigenvalue weighted by molar-refractivity contribution is 7.89. The van der Waals surface area contributed by atoms with Gasteiger partial charge in [-0.3, -0.25) is 9.59 Å². The summed E-state index contributed by atoms with van der Waals surface area (Å²) in [6.07, 6.45) is 2.76. The first-order valence-corrected chi connectivity index (χ1v) is 9.93. The topological polar surface area (TPSA) is 104 Å². The van der Waals surface area contributed by atoms with Crippen LogP contribution in [0.4, 0.5) is 0 Å². The van der Waals surface area contributed by atoms with Crippen molar-refractivity contribution in [1.82, 2.24) is 9.62 Å². The van der Waals surface area contributed by atoms with Gasteiger partial charge in [0.15, 0.2) is 0 Å². The molecule has 1 saturated heterocycles. The van der Waals surface area contributed by atoms with E-state index < -0.39 is 21.4 Å². The van der Waals surface area contributed by atoms with Crippen LogP contribution in [0.2, 0.25) is 0 Å². The summed E-state index contributed by atoms with van der Waals surface area (Å²) in [5.74, 6) is -1.31. The molecule has 0 radical (unpaired) electrons. The van der Waals surface area contributed by atoms with E-state index in [2.05, 4.69) is 5.32 Å². The zero-order valence-corrected chi connectivity index (χ0v) is 14.5. The normalized spacial score (nSPS) is 29.1. The SMILES string of the molecule is O=C1NCCc2ccc(S(=O)(=O)N3C[C@@H]4CCC[C@@]4(C(=O)O)C3)cc21. The smallest absolute Gasteiger partial charge is 0.311 e. The molecular formula is C17H20N2O5S. The Morgan fingerprint density at radius 3 is 2.88 bits per heavy atom. The van der Waals surface area contributed by atoms with E-state index >= 15 is 0 Å². The Labute approximate surface area is 146 Å². The number of carboxylic acids is 1. The maximum atomic E-state index is 13.0. The second-order valence-corrected chi connectivity index (χ2v) is 9.11. The Bertz CT molecular complexity index is 866. The molecule has 8 heteroatoms. The van der Waals surface area contributed by atoms with Gasteiger partial charge in [-0.25, -0.2) is 8.42 Å². The molecule has 1 saturated carbocycles. The number of fused-ring (bicyclic) bond motifs is 2. The van der Waals surface area contributed by atoms with Gasteiger partial charge in [0.05, 0.1) is 10.3 Å². The number of nitrogens with one attached hydrogen (secondary N) is 1. The maximum absolute atomic E-state index is 13.0. The van der Waals surface area contributed by atoms with Crippen molar-refractivity contribution in [3.05, 3.63) is 29.3 Å². The van der Waals surface area contributed by atoms with Crippen molar-refractivity contribution in [3.63, 3.8) is 0 Å². The third-order valence-electron chi connectivity index (χ3n) is 5.91. The second kappa shape index (κ2) is 5.54. The number of carbonyl (C=O) groups is 2. The summed E-state index contributed by atoms with van der Waals surface area (Å²) in [7, 11) is -3.82. The Hall–Kier alpha value is -1.93. The van der Waals surface area contributed by atoms with Gasteiger partial charge in [0.1, 0.15) is 0 Å². The first-order valence-electron chi connectivity index (χ1n) is 8.49. The second-order valence-electron chi connectivity index (χ2n) is 7.17. The van der Waals surface area contributed by atoms with E-state index in [-0.39, 0.29) is 29.8 Å². The molecule has 7 nitrogen and oxygen atoms in total. The Morgan fingerprint density at radius 1 is 1.36 bits per heavy atom. The average molecular weight is 364 g/mol. The number of hydrogen-bond acceptors (Lipinski definition) is 4. The summed E-state index contributed by atoms with van der Waals surface area (Å²) in [6.45, 7) is 0.795. The van der Waals surface area contributed by atoms with E-state index in [1.54, 1.807) is 6.07 Å². The van der Waals surface area contributed by atoms with Crippen molar-refractivity contribution in [1.29, 1.82) is 0 Å². The lowest BCUT2D eigenvalue weighted by atomic mass is 9.81. The number of benzene rings is 1. The summed E-state index contributed by atoms with van der Waals surface area (Å²) in [6, 6.07) is 4.62. The van der Waals surface area contributed by atoms with Crippen molar-refractivity contribution in [3.8, 4) is 0 Å². The Balaban J connectivity index is 1.68. The lowest BCUT2D eigenvalue weighted by Crippen LogP contribution is -2.37. The summed E-state index contributed by atoms with van der Waals surface area (Å²) >= 11 is 0. The van der Waals surface area contributed by atoms with E-state index in [0.29, 0.717) is 24.9 Å².